The van der Waals surface area contributed by atoms with E-state index in [0.717, 1.165) is 41.3 Å². The molecule has 150 valence electrons. The van der Waals surface area contributed by atoms with Gasteiger partial charge in [-0.05, 0) is 43.3 Å². The van der Waals surface area contributed by atoms with Crippen LogP contribution in [-0.4, -0.2) is 29.9 Å². The van der Waals surface area contributed by atoms with Crippen molar-refractivity contribution in [1.82, 2.24) is 14.5 Å². The highest BCUT2D eigenvalue weighted by molar-refractivity contribution is 7.89. The lowest BCUT2D eigenvalue weighted by atomic mass is 10.2. The minimum Gasteiger partial charge on any atom is -0.327 e. The van der Waals surface area contributed by atoms with Crippen LogP contribution in [0.25, 0.3) is 11.0 Å². The third-order valence-electron chi connectivity index (χ3n) is 4.67. The first-order chi connectivity index (χ1) is 13.3. The number of hydrogen-bond acceptors (Lipinski definition) is 4. The van der Waals surface area contributed by atoms with E-state index in [1.165, 1.54) is 0 Å². The first kappa shape index (κ1) is 20.8. The second-order valence-corrected chi connectivity index (χ2v) is 8.96. The molecule has 6 nitrogen and oxygen atoms in total. The number of unbranched alkanes of at least 4 members (excludes halogenated alkanes) is 1. The lowest BCUT2D eigenvalue weighted by molar-refractivity contribution is 0.305. The molecule has 0 aliphatic carbocycles. The summed E-state index contributed by atoms with van der Waals surface area (Å²) >= 11 is 6.28. The molecular formula is C20H25ClN4O2S. The van der Waals surface area contributed by atoms with Gasteiger partial charge in [0.25, 0.3) is 0 Å². The van der Waals surface area contributed by atoms with Crippen molar-refractivity contribution in [1.29, 1.82) is 0 Å². The fourth-order valence-corrected chi connectivity index (χ4v) is 3.97. The van der Waals surface area contributed by atoms with E-state index in [4.69, 9.17) is 21.7 Å². The Hall–Kier alpha value is -1.93. The van der Waals surface area contributed by atoms with Crippen molar-refractivity contribution in [3.05, 3.63) is 58.9 Å². The minimum atomic E-state index is -3.76. The Morgan fingerprint density at radius 3 is 2.61 bits per heavy atom. The molecule has 0 radical (unpaired) electrons. The molecule has 1 aromatic heterocycles. The van der Waals surface area contributed by atoms with Gasteiger partial charge in [0.2, 0.25) is 10.0 Å². The molecule has 0 spiro atoms. The van der Waals surface area contributed by atoms with Crippen molar-refractivity contribution in [3.63, 3.8) is 0 Å². The van der Waals surface area contributed by atoms with Crippen LogP contribution in [0.15, 0.2) is 47.4 Å². The normalized spacial score (nSPS) is 12.2. The van der Waals surface area contributed by atoms with Crippen molar-refractivity contribution >= 4 is 32.7 Å². The lowest BCUT2D eigenvalue weighted by Gasteiger charge is -2.18. The first-order valence-corrected chi connectivity index (χ1v) is 11.2. The molecule has 0 atom stereocenters. The Labute approximate surface area is 171 Å². The average molecular weight is 421 g/mol. The van der Waals surface area contributed by atoms with Gasteiger partial charge in [-0.2, -0.15) is 0 Å². The third-order valence-corrected chi connectivity index (χ3v) is 5.95. The number of rotatable bonds is 8. The summed E-state index contributed by atoms with van der Waals surface area (Å²) in [5.41, 5.74) is 2.62. The standard InChI is InChI=1S/C20H25ClN4O2S/c1-3-4-11-25-19-10-9-16(28(22,26)27)12-18(19)23-20(25)14-24(2)13-15-7-5-6-8-17(15)21/h5-10,12H,3-4,11,13-14H2,1-2H3,(H2,22,26,27). The maximum absolute atomic E-state index is 11.7. The van der Waals surface area contributed by atoms with E-state index < -0.39 is 10.0 Å². The Bertz CT molecular complexity index is 1080. The number of sulfonamides is 1. The fourth-order valence-electron chi connectivity index (χ4n) is 3.24. The molecule has 0 unspecified atom stereocenters. The van der Waals surface area contributed by atoms with Crippen molar-refractivity contribution in [2.45, 2.75) is 44.3 Å². The van der Waals surface area contributed by atoms with Gasteiger partial charge in [-0.15, -0.1) is 0 Å². The van der Waals surface area contributed by atoms with Gasteiger partial charge in [-0.1, -0.05) is 43.1 Å². The number of aryl methyl sites for hydroxylation is 1. The van der Waals surface area contributed by atoms with Crippen LogP contribution in [0.1, 0.15) is 31.2 Å². The van der Waals surface area contributed by atoms with Crippen molar-refractivity contribution in [2.24, 2.45) is 5.14 Å². The summed E-state index contributed by atoms with van der Waals surface area (Å²) in [7, 11) is -1.74. The maximum Gasteiger partial charge on any atom is 0.238 e. The molecule has 8 heteroatoms. The number of nitrogens with zero attached hydrogens (tertiary/aromatic N) is 3. The Kier molecular flexibility index (Phi) is 6.40. The zero-order valence-electron chi connectivity index (χ0n) is 16.1. The molecule has 0 fully saturated rings. The topological polar surface area (TPSA) is 81.2 Å². The van der Waals surface area contributed by atoms with Gasteiger partial charge in [0.1, 0.15) is 5.82 Å². The number of imidazole rings is 1. The molecule has 2 N–H and O–H groups in total. The molecular weight excluding hydrogens is 396 g/mol. The lowest BCUT2D eigenvalue weighted by Crippen LogP contribution is -2.20. The molecule has 0 aliphatic rings. The van der Waals surface area contributed by atoms with Crippen molar-refractivity contribution in [3.8, 4) is 0 Å². The van der Waals surface area contributed by atoms with Crippen molar-refractivity contribution < 1.29 is 8.42 Å². The molecule has 2 aromatic carbocycles. The van der Waals surface area contributed by atoms with Crippen LogP contribution in [-0.2, 0) is 29.7 Å². The van der Waals surface area contributed by atoms with Gasteiger partial charge >= 0.3 is 0 Å². The van der Waals surface area contributed by atoms with E-state index in [-0.39, 0.29) is 4.90 Å². The second-order valence-electron chi connectivity index (χ2n) is 6.99. The van der Waals surface area contributed by atoms with Crippen LogP contribution < -0.4 is 5.14 Å². The summed E-state index contributed by atoms with van der Waals surface area (Å²) in [6, 6.07) is 12.7. The van der Waals surface area contributed by atoms with Crippen LogP contribution in [0.2, 0.25) is 5.02 Å². The number of aromatic nitrogens is 2. The summed E-state index contributed by atoms with van der Waals surface area (Å²) in [4.78, 5) is 6.94. The number of nitrogens with two attached hydrogens (primary N) is 1. The molecule has 3 aromatic rings. The van der Waals surface area contributed by atoms with Crippen LogP contribution in [0.5, 0.6) is 0 Å². The Balaban J connectivity index is 1.92. The molecule has 3 rings (SSSR count). The van der Waals surface area contributed by atoms with E-state index in [9.17, 15) is 8.42 Å². The van der Waals surface area contributed by atoms with Crippen LogP contribution in [0.3, 0.4) is 0 Å². The van der Waals surface area contributed by atoms with E-state index >= 15 is 0 Å². The Morgan fingerprint density at radius 1 is 1.18 bits per heavy atom. The molecule has 1 heterocycles. The van der Waals surface area contributed by atoms with Crippen molar-refractivity contribution in [2.75, 3.05) is 7.05 Å². The molecule has 0 saturated heterocycles. The highest BCUT2D eigenvalue weighted by Crippen LogP contribution is 2.23. The number of primary sulfonamides is 1. The van der Waals surface area contributed by atoms with Gasteiger partial charge in [0, 0.05) is 18.1 Å². The van der Waals surface area contributed by atoms with E-state index in [1.54, 1.807) is 18.2 Å². The molecule has 0 aliphatic heterocycles. The smallest absolute Gasteiger partial charge is 0.238 e. The highest BCUT2D eigenvalue weighted by atomic mass is 35.5. The fraction of sp³-hybridized carbons (Fsp3) is 0.350. The predicted octanol–water partition coefficient (Wildman–Crippen LogP) is 3.77. The third kappa shape index (κ3) is 4.72. The van der Waals surface area contributed by atoms with Gasteiger partial charge in [-0.25, -0.2) is 18.5 Å². The van der Waals surface area contributed by atoms with Gasteiger partial charge < -0.3 is 4.57 Å². The monoisotopic (exact) mass is 420 g/mol. The van der Waals surface area contributed by atoms with Gasteiger partial charge in [0.15, 0.2) is 0 Å². The van der Waals surface area contributed by atoms with E-state index in [2.05, 4.69) is 16.4 Å². The minimum absolute atomic E-state index is 0.0797. The number of benzene rings is 2. The van der Waals surface area contributed by atoms with Crippen LogP contribution >= 0.6 is 11.6 Å². The van der Waals surface area contributed by atoms with Gasteiger partial charge in [-0.3, -0.25) is 4.90 Å². The SMILES string of the molecule is CCCCn1c(CN(C)Cc2ccccc2Cl)nc2cc(S(N)(=O)=O)ccc21. The van der Waals surface area contributed by atoms with Gasteiger partial charge in [0.05, 0.1) is 22.5 Å². The largest absolute Gasteiger partial charge is 0.327 e. The highest BCUT2D eigenvalue weighted by Gasteiger charge is 2.16. The Morgan fingerprint density at radius 2 is 1.93 bits per heavy atom. The van der Waals surface area contributed by atoms with Crippen LogP contribution in [0.4, 0.5) is 0 Å². The zero-order valence-corrected chi connectivity index (χ0v) is 17.7. The summed E-state index contributed by atoms with van der Waals surface area (Å²) in [6.07, 6.45) is 2.08. The summed E-state index contributed by atoms with van der Waals surface area (Å²) in [5, 5.41) is 6.01. The zero-order chi connectivity index (χ0) is 20.3. The predicted molar refractivity (Wildman–Crippen MR) is 113 cm³/mol. The van der Waals surface area contributed by atoms with E-state index in [0.29, 0.717) is 18.6 Å². The molecule has 0 saturated carbocycles. The van der Waals surface area contributed by atoms with E-state index in [1.807, 2.05) is 31.3 Å². The molecule has 0 amide bonds. The molecule has 28 heavy (non-hydrogen) atoms. The number of fused-ring (bicyclic) bond motifs is 1. The summed E-state index contributed by atoms with van der Waals surface area (Å²) in [5.74, 6) is 0.893. The number of hydrogen-bond donors (Lipinski definition) is 1. The summed E-state index contributed by atoms with van der Waals surface area (Å²) in [6.45, 7) is 4.28. The average Bonchev–Trinajstić information content (AvgIpc) is 2.97. The molecule has 0 bridgehead atoms. The second kappa shape index (κ2) is 8.61. The maximum atomic E-state index is 11.7. The quantitative estimate of drug-likeness (QED) is 0.601. The number of halogens is 1. The van der Waals surface area contributed by atoms with Crippen LogP contribution in [0, 0.1) is 0 Å². The first-order valence-electron chi connectivity index (χ1n) is 9.23. The summed E-state index contributed by atoms with van der Waals surface area (Å²) < 4.78 is 25.5.